The molecule has 0 aliphatic heterocycles. The Kier molecular flexibility index (Phi) is 7.27. The summed E-state index contributed by atoms with van der Waals surface area (Å²) in [6, 6.07) is 6.32. The van der Waals surface area contributed by atoms with E-state index in [0.29, 0.717) is 36.3 Å². The third-order valence-corrected chi connectivity index (χ3v) is 8.59. The zero-order valence-corrected chi connectivity index (χ0v) is 20.2. The number of carbonyl (C=O) groups is 2. The van der Waals surface area contributed by atoms with Gasteiger partial charge in [-0.15, -0.1) is 0 Å². The number of unbranched alkanes of at least 4 members (excludes halogenated alkanes) is 2. The average molecular weight is 441 g/mol. The molecule has 0 amide bonds. The molecular formula is C28H40O4. The Balaban J connectivity index is 1.44. The lowest BCUT2D eigenvalue weighted by Gasteiger charge is -2.50. The fourth-order valence-corrected chi connectivity index (χ4v) is 6.81. The fraction of sp³-hybridized carbons (Fsp3) is 0.714. The molecule has 1 aromatic rings. The van der Waals surface area contributed by atoms with Crippen LogP contribution in [0.5, 0.6) is 5.75 Å². The lowest BCUT2D eigenvalue weighted by atomic mass is 9.55. The van der Waals surface area contributed by atoms with Crippen LogP contribution in [0, 0.1) is 17.3 Å². The molecule has 0 bridgehead atoms. The van der Waals surface area contributed by atoms with Crippen LogP contribution in [0.3, 0.4) is 0 Å². The van der Waals surface area contributed by atoms with Crippen molar-refractivity contribution in [3.8, 4) is 5.75 Å². The van der Waals surface area contributed by atoms with Crippen molar-refractivity contribution in [3.63, 3.8) is 0 Å². The van der Waals surface area contributed by atoms with E-state index in [1.807, 2.05) is 6.07 Å². The Hall–Kier alpha value is -1.84. The third-order valence-electron chi connectivity index (χ3n) is 8.59. The van der Waals surface area contributed by atoms with E-state index >= 15 is 0 Å². The molecule has 32 heavy (non-hydrogen) atoms. The summed E-state index contributed by atoms with van der Waals surface area (Å²) in [4.78, 5) is 24.4. The zero-order chi connectivity index (χ0) is 22.7. The molecule has 0 heterocycles. The molecule has 2 fully saturated rings. The summed E-state index contributed by atoms with van der Waals surface area (Å²) < 4.78 is 11.6. The molecule has 4 nitrogen and oxygen atoms in total. The molecule has 0 radical (unpaired) electrons. The lowest BCUT2D eigenvalue weighted by molar-refractivity contribution is -0.157. The van der Waals surface area contributed by atoms with Crippen LogP contribution in [0.25, 0.3) is 0 Å². The predicted octanol–water partition coefficient (Wildman–Crippen LogP) is 6.74. The third kappa shape index (κ3) is 4.61. The Labute approximate surface area is 193 Å². The molecule has 5 atom stereocenters. The van der Waals surface area contributed by atoms with Gasteiger partial charge in [0.15, 0.2) is 0 Å². The number of ether oxygens (including phenoxy) is 2. The Morgan fingerprint density at radius 3 is 2.50 bits per heavy atom. The topological polar surface area (TPSA) is 52.6 Å². The predicted molar refractivity (Wildman–Crippen MR) is 126 cm³/mol. The van der Waals surface area contributed by atoms with E-state index in [1.54, 1.807) is 0 Å². The smallest absolute Gasteiger partial charge is 0.311 e. The van der Waals surface area contributed by atoms with Gasteiger partial charge in [0.2, 0.25) is 0 Å². The van der Waals surface area contributed by atoms with Crippen LogP contribution in [0.15, 0.2) is 18.2 Å². The van der Waals surface area contributed by atoms with Crippen LogP contribution in [0.1, 0.15) is 108 Å². The normalized spacial score (nSPS) is 30.7. The number of fused-ring (bicyclic) bond motifs is 5. The standard InChI is InChI=1S/C28H40O4/c1-4-6-8-26(29)31-20-11-13-21-19(18-20)10-12-23-22(21)16-17-28(3)24(23)14-15-25(28)32-27(30)9-7-5-2/h11,13,18,22-25H,4-10,12,14-17H2,1-3H3/t22?,23?,24?,25?,28-/m0/s1. The van der Waals surface area contributed by atoms with Gasteiger partial charge in [-0.3, -0.25) is 9.59 Å². The van der Waals surface area contributed by atoms with Crippen molar-refractivity contribution in [2.75, 3.05) is 0 Å². The first-order valence-corrected chi connectivity index (χ1v) is 13.0. The van der Waals surface area contributed by atoms with Gasteiger partial charge in [0.1, 0.15) is 11.9 Å². The van der Waals surface area contributed by atoms with Gasteiger partial charge in [-0.05, 0) is 92.4 Å². The molecule has 2 saturated carbocycles. The summed E-state index contributed by atoms with van der Waals surface area (Å²) >= 11 is 0. The van der Waals surface area contributed by atoms with Crippen molar-refractivity contribution >= 4 is 11.9 Å². The summed E-state index contributed by atoms with van der Waals surface area (Å²) in [6.45, 7) is 6.58. The van der Waals surface area contributed by atoms with Crippen LogP contribution >= 0.6 is 0 Å². The molecule has 0 aromatic heterocycles. The average Bonchev–Trinajstić information content (AvgIpc) is 3.12. The second-order valence-corrected chi connectivity index (χ2v) is 10.6. The number of hydrogen-bond donors (Lipinski definition) is 0. The molecular weight excluding hydrogens is 400 g/mol. The first kappa shape index (κ1) is 23.3. The van der Waals surface area contributed by atoms with Crippen LogP contribution in [-0.2, 0) is 20.7 Å². The maximum absolute atomic E-state index is 12.3. The second kappa shape index (κ2) is 9.97. The Morgan fingerprint density at radius 2 is 1.75 bits per heavy atom. The fourth-order valence-electron chi connectivity index (χ4n) is 6.81. The van der Waals surface area contributed by atoms with Crippen LogP contribution < -0.4 is 4.74 Å². The van der Waals surface area contributed by atoms with Crippen molar-refractivity contribution < 1.29 is 19.1 Å². The number of hydrogen-bond acceptors (Lipinski definition) is 4. The Bertz CT molecular complexity index is 831. The minimum Gasteiger partial charge on any atom is -0.462 e. The minimum absolute atomic E-state index is 0.00384. The summed E-state index contributed by atoms with van der Waals surface area (Å²) in [7, 11) is 0. The maximum atomic E-state index is 12.3. The monoisotopic (exact) mass is 440 g/mol. The lowest BCUT2D eigenvalue weighted by Crippen LogP contribution is -2.45. The maximum Gasteiger partial charge on any atom is 0.311 e. The van der Waals surface area contributed by atoms with Gasteiger partial charge < -0.3 is 9.47 Å². The number of aryl methyl sites for hydroxylation is 1. The van der Waals surface area contributed by atoms with Gasteiger partial charge in [0, 0.05) is 18.3 Å². The van der Waals surface area contributed by atoms with E-state index in [0.717, 1.165) is 51.4 Å². The highest BCUT2D eigenvalue weighted by atomic mass is 16.5. The summed E-state index contributed by atoms with van der Waals surface area (Å²) in [5.74, 6) is 2.44. The SMILES string of the molecule is CCCCC(=O)Oc1ccc2c(c1)CCC1C2CC[C@]2(C)C(OC(=O)CCCC)CCC12. The Morgan fingerprint density at radius 1 is 1.00 bits per heavy atom. The minimum atomic E-state index is -0.126. The summed E-state index contributed by atoms with van der Waals surface area (Å²) in [5, 5.41) is 0. The largest absolute Gasteiger partial charge is 0.462 e. The van der Waals surface area contributed by atoms with Gasteiger partial charge in [-0.25, -0.2) is 0 Å². The highest BCUT2D eigenvalue weighted by molar-refractivity contribution is 5.72. The van der Waals surface area contributed by atoms with Crippen LogP contribution in [-0.4, -0.2) is 18.0 Å². The summed E-state index contributed by atoms with van der Waals surface area (Å²) in [6.07, 6.45) is 11.7. The molecule has 4 unspecified atom stereocenters. The molecule has 4 heteroatoms. The van der Waals surface area contributed by atoms with Gasteiger partial charge in [0.25, 0.3) is 0 Å². The second-order valence-electron chi connectivity index (χ2n) is 10.6. The van der Waals surface area contributed by atoms with Crippen molar-refractivity contribution in [2.45, 2.75) is 110 Å². The van der Waals surface area contributed by atoms with Gasteiger partial charge in [-0.1, -0.05) is 39.7 Å². The van der Waals surface area contributed by atoms with Crippen molar-refractivity contribution in [3.05, 3.63) is 29.3 Å². The van der Waals surface area contributed by atoms with Crippen molar-refractivity contribution in [2.24, 2.45) is 17.3 Å². The quantitative estimate of drug-likeness (QED) is 0.332. The molecule has 0 saturated heterocycles. The highest BCUT2D eigenvalue weighted by Gasteiger charge is 2.56. The number of benzene rings is 1. The molecule has 1 aromatic carbocycles. The molecule has 176 valence electrons. The van der Waals surface area contributed by atoms with Crippen LogP contribution in [0.4, 0.5) is 0 Å². The highest BCUT2D eigenvalue weighted by Crippen LogP contribution is 2.61. The van der Waals surface area contributed by atoms with E-state index in [9.17, 15) is 9.59 Å². The van der Waals surface area contributed by atoms with E-state index < -0.39 is 0 Å². The van der Waals surface area contributed by atoms with Crippen molar-refractivity contribution in [1.29, 1.82) is 0 Å². The van der Waals surface area contributed by atoms with Gasteiger partial charge in [0.05, 0.1) is 0 Å². The molecule has 0 spiro atoms. The first-order valence-electron chi connectivity index (χ1n) is 13.0. The number of rotatable bonds is 8. The number of esters is 2. The van der Waals surface area contributed by atoms with E-state index in [2.05, 4.69) is 32.9 Å². The number of carbonyl (C=O) groups excluding carboxylic acids is 2. The molecule has 0 N–H and O–H groups in total. The van der Waals surface area contributed by atoms with Gasteiger partial charge in [-0.2, -0.15) is 0 Å². The van der Waals surface area contributed by atoms with Crippen molar-refractivity contribution in [1.82, 2.24) is 0 Å². The van der Waals surface area contributed by atoms with E-state index in [1.165, 1.54) is 24.0 Å². The molecule has 3 aliphatic carbocycles. The van der Waals surface area contributed by atoms with Crippen LogP contribution in [0.2, 0.25) is 0 Å². The summed E-state index contributed by atoms with van der Waals surface area (Å²) in [5.41, 5.74) is 2.94. The molecule has 3 aliphatic rings. The molecule has 4 rings (SSSR count). The van der Waals surface area contributed by atoms with E-state index in [-0.39, 0.29) is 23.5 Å². The zero-order valence-electron chi connectivity index (χ0n) is 20.2. The van der Waals surface area contributed by atoms with Gasteiger partial charge >= 0.3 is 11.9 Å². The van der Waals surface area contributed by atoms with E-state index in [4.69, 9.17) is 9.47 Å². The first-order chi connectivity index (χ1) is 15.5.